The van der Waals surface area contributed by atoms with Gasteiger partial charge in [0.2, 0.25) is 0 Å². The standard InChI is InChI=1S/C16H25NO2/c1-6-13-7-9-14(10-8-13)15(19)12(2)17(5)16(3,4)11-18/h7-10,12,18H,6,11H2,1-5H3. The Morgan fingerprint density at radius 1 is 1.32 bits per heavy atom. The second-order valence-corrected chi connectivity index (χ2v) is 5.67. The summed E-state index contributed by atoms with van der Waals surface area (Å²) >= 11 is 0. The van der Waals surface area contributed by atoms with Gasteiger partial charge in [-0.25, -0.2) is 0 Å². The number of carbonyl (C=O) groups is 1. The Bertz CT molecular complexity index is 423. The van der Waals surface area contributed by atoms with Gasteiger partial charge in [-0.3, -0.25) is 9.69 Å². The summed E-state index contributed by atoms with van der Waals surface area (Å²) in [5.41, 5.74) is 1.55. The highest BCUT2D eigenvalue weighted by Gasteiger charge is 2.30. The van der Waals surface area contributed by atoms with Gasteiger partial charge in [-0.15, -0.1) is 0 Å². The molecule has 106 valence electrons. The molecular formula is C16H25NO2. The summed E-state index contributed by atoms with van der Waals surface area (Å²) in [6.07, 6.45) is 0.974. The quantitative estimate of drug-likeness (QED) is 0.802. The molecule has 0 spiro atoms. The van der Waals surface area contributed by atoms with Gasteiger partial charge in [-0.2, -0.15) is 0 Å². The highest BCUT2D eigenvalue weighted by Crippen LogP contribution is 2.18. The lowest BCUT2D eigenvalue weighted by Crippen LogP contribution is -2.51. The molecule has 1 rings (SSSR count). The van der Waals surface area contributed by atoms with Crippen molar-refractivity contribution in [3.05, 3.63) is 35.4 Å². The fourth-order valence-electron chi connectivity index (χ4n) is 1.96. The predicted molar refractivity (Wildman–Crippen MR) is 78.5 cm³/mol. The minimum atomic E-state index is -0.404. The number of aryl methyl sites for hydroxylation is 1. The van der Waals surface area contributed by atoms with E-state index in [9.17, 15) is 9.90 Å². The number of benzene rings is 1. The van der Waals surface area contributed by atoms with Crippen molar-refractivity contribution >= 4 is 5.78 Å². The van der Waals surface area contributed by atoms with Crippen molar-refractivity contribution in [3.8, 4) is 0 Å². The molecule has 0 saturated carbocycles. The largest absolute Gasteiger partial charge is 0.394 e. The first kappa shape index (κ1) is 15.9. The zero-order valence-electron chi connectivity index (χ0n) is 12.6. The molecule has 3 nitrogen and oxygen atoms in total. The number of nitrogens with zero attached hydrogens (tertiary/aromatic N) is 1. The molecule has 0 radical (unpaired) electrons. The van der Waals surface area contributed by atoms with Gasteiger partial charge >= 0.3 is 0 Å². The average Bonchev–Trinajstić information content (AvgIpc) is 2.44. The molecule has 0 bridgehead atoms. The van der Waals surface area contributed by atoms with E-state index in [1.165, 1.54) is 5.56 Å². The number of carbonyl (C=O) groups excluding carboxylic acids is 1. The lowest BCUT2D eigenvalue weighted by molar-refractivity contribution is 0.0438. The fourth-order valence-corrected chi connectivity index (χ4v) is 1.96. The van der Waals surface area contributed by atoms with Gasteiger partial charge in [0.1, 0.15) is 0 Å². The monoisotopic (exact) mass is 263 g/mol. The third kappa shape index (κ3) is 3.64. The van der Waals surface area contributed by atoms with Gasteiger partial charge in [0.25, 0.3) is 0 Å². The maximum absolute atomic E-state index is 12.4. The Labute approximate surface area is 116 Å². The molecule has 0 aliphatic heterocycles. The first-order chi connectivity index (χ1) is 8.83. The number of hydrogen-bond donors (Lipinski definition) is 1. The van der Waals surface area contributed by atoms with Gasteiger partial charge in [0, 0.05) is 11.1 Å². The van der Waals surface area contributed by atoms with Crippen LogP contribution in [0.15, 0.2) is 24.3 Å². The van der Waals surface area contributed by atoms with Gasteiger partial charge in [-0.05, 0) is 39.8 Å². The van der Waals surface area contributed by atoms with E-state index in [-0.39, 0.29) is 18.4 Å². The van der Waals surface area contributed by atoms with E-state index in [1.807, 2.05) is 57.0 Å². The van der Waals surface area contributed by atoms with E-state index >= 15 is 0 Å². The molecule has 0 aliphatic rings. The van der Waals surface area contributed by atoms with E-state index < -0.39 is 5.54 Å². The van der Waals surface area contributed by atoms with Crippen molar-refractivity contribution in [2.75, 3.05) is 13.7 Å². The van der Waals surface area contributed by atoms with E-state index in [0.717, 1.165) is 12.0 Å². The van der Waals surface area contributed by atoms with Gasteiger partial charge in [-0.1, -0.05) is 31.2 Å². The second-order valence-electron chi connectivity index (χ2n) is 5.67. The van der Waals surface area contributed by atoms with Crippen LogP contribution in [0.3, 0.4) is 0 Å². The number of ketones is 1. The molecule has 0 amide bonds. The first-order valence-electron chi connectivity index (χ1n) is 6.80. The summed E-state index contributed by atoms with van der Waals surface area (Å²) < 4.78 is 0. The number of aliphatic hydroxyl groups excluding tert-OH is 1. The number of Topliss-reactive ketones (excluding diaryl/α,β-unsaturated/α-hetero) is 1. The summed E-state index contributed by atoms with van der Waals surface area (Å²) in [6, 6.07) is 7.51. The molecule has 1 aromatic carbocycles. The Balaban J connectivity index is 2.87. The van der Waals surface area contributed by atoms with Crippen LogP contribution in [-0.2, 0) is 6.42 Å². The minimum Gasteiger partial charge on any atom is -0.394 e. The maximum Gasteiger partial charge on any atom is 0.179 e. The molecule has 19 heavy (non-hydrogen) atoms. The van der Waals surface area contributed by atoms with Gasteiger partial charge in [0.15, 0.2) is 5.78 Å². The van der Waals surface area contributed by atoms with Crippen LogP contribution >= 0.6 is 0 Å². The highest BCUT2D eigenvalue weighted by molar-refractivity contribution is 5.99. The van der Waals surface area contributed by atoms with Crippen LogP contribution in [0.25, 0.3) is 0 Å². The van der Waals surface area contributed by atoms with Crippen molar-refractivity contribution in [2.45, 2.75) is 45.7 Å². The van der Waals surface area contributed by atoms with Gasteiger partial charge < -0.3 is 5.11 Å². The Morgan fingerprint density at radius 2 is 1.84 bits per heavy atom. The summed E-state index contributed by atoms with van der Waals surface area (Å²) in [6.45, 7) is 7.86. The fraction of sp³-hybridized carbons (Fsp3) is 0.562. The topological polar surface area (TPSA) is 40.5 Å². The van der Waals surface area contributed by atoms with E-state index in [0.29, 0.717) is 0 Å². The van der Waals surface area contributed by atoms with E-state index in [2.05, 4.69) is 6.92 Å². The number of rotatable bonds is 6. The number of likely N-dealkylation sites (N-methyl/N-ethyl adjacent to an activating group) is 1. The zero-order valence-corrected chi connectivity index (χ0v) is 12.6. The summed E-state index contributed by atoms with van der Waals surface area (Å²) in [5.74, 6) is 0.0895. The second kappa shape index (κ2) is 6.31. The molecule has 1 atom stereocenters. The predicted octanol–water partition coefficient (Wildman–Crippen LogP) is 2.52. The van der Waals surface area contributed by atoms with Crippen LogP contribution < -0.4 is 0 Å². The first-order valence-corrected chi connectivity index (χ1v) is 6.80. The summed E-state index contributed by atoms with van der Waals surface area (Å²) in [7, 11) is 1.87. The summed E-state index contributed by atoms with van der Waals surface area (Å²) in [5, 5.41) is 9.38. The van der Waals surface area contributed by atoms with Crippen molar-refractivity contribution in [3.63, 3.8) is 0 Å². The lowest BCUT2D eigenvalue weighted by Gasteiger charge is -2.37. The maximum atomic E-state index is 12.4. The number of hydrogen-bond acceptors (Lipinski definition) is 3. The molecule has 0 saturated heterocycles. The molecule has 1 N–H and O–H groups in total. The zero-order chi connectivity index (χ0) is 14.6. The molecule has 0 fully saturated rings. The lowest BCUT2D eigenvalue weighted by atomic mass is 9.97. The molecule has 0 heterocycles. The Hall–Kier alpha value is -1.19. The third-order valence-corrected chi connectivity index (χ3v) is 3.95. The molecule has 3 heteroatoms. The Morgan fingerprint density at radius 3 is 2.26 bits per heavy atom. The van der Waals surface area contributed by atoms with Crippen molar-refractivity contribution < 1.29 is 9.90 Å². The Kier molecular flexibility index (Phi) is 5.27. The van der Waals surface area contributed by atoms with Crippen LogP contribution in [0.1, 0.15) is 43.6 Å². The smallest absolute Gasteiger partial charge is 0.179 e. The molecular weight excluding hydrogens is 238 g/mol. The van der Waals surface area contributed by atoms with Crippen LogP contribution in [0.2, 0.25) is 0 Å². The highest BCUT2D eigenvalue weighted by atomic mass is 16.3. The minimum absolute atomic E-state index is 0.0237. The SMILES string of the molecule is CCc1ccc(C(=O)C(C)N(C)C(C)(C)CO)cc1. The van der Waals surface area contributed by atoms with E-state index in [1.54, 1.807) is 0 Å². The normalized spacial score (nSPS) is 13.6. The number of aliphatic hydroxyl groups is 1. The molecule has 1 aromatic rings. The van der Waals surface area contributed by atoms with Crippen LogP contribution in [0, 0.1) is 0 Å². The third-order valence-electron chi connectivity index (χ3n) is 3.95. The van der Waals surface area contributed by atoms with Crippen LogP contribution in [-0.4, -0.2) is 41.0 Å². The van der Waals surface area contributed by atoms with Crippen LogP contribution in [0.4, 0.5) is 0 Å². The molecule has 1 unspecified atom stereocenters. The summed E-state index contributed by atoms with van der Waals surface area (Å²) in [4.78, 5) is 14.3. The van der Waals surface area contributed by atoms with Gasteiger partial charge in [0.05, 0.1) is 12.6 Å². The average molecular weight is 263 g/mol. The molecule has 0 aliphatic carbocycles. The van der Waals surface area contributed by atoms with Crippen molar-refractivity contribution in [1.29, 1.82) is 0 Å². The van der Waals surface area contributed by atoms with Crippen molar-refractivity contribution in [2.24, 2.45) is 0 Å². The van der Waals surface area contributed by atoms with Crippen LogP contribution in [0.5, 0.6) is 0 Å². The van der Waals surface area contributed by atoms with Crippen molar-refractivity contribution in [1.82, 2.24) is 4.90 Å². The molecule has 0 aromatic heterocycles. The van der Waals surface area contributed by atoms with E-state index in [4.69, 9.17) is 0 Å².